The van der Waals surface area contributed by atoms with E-state index in [0.29, 0.717) is 0 Å². The largest absolute Gasteiger partial charge is 0.383 e. The quantitative estimate of drug-likeness (QED) is 0.591. The molecule has 15 heavy (non-hydrogen) atoms. The van der Waals surface area contributed by atoms with Crippen molar-refractivity contribution in [2.75, 3.05) is 33.4 Å². The highest BCUT2D eigenvalue weighted by Crippen LogP contribution is 2.35. The Morgan fingerprint density at radius 3 is 2.60 bits per heavy atom. The van der Waals surface area contributed by atoms with E-state index in [0.717, 1.165) is 38.1 Å². The first kappa shape index (κ1) is 12.9. The Hall–Kier alpha value is -0.120. The smallest absolute Gasteiger partial charge is 0.0589 e. The zero-order valence-corrected chi connectivity index (χ0v) is 10.2. The Labute approximate surface area is 94.0 Å². The van der Waals surface area contributed by atoms with Crippen LogP contribution in [0.25, 0.3) is 0 Å². The second-order valence-electron chi connectivity index (χ2n) is 4.60. The molecule has 0 aromatic heterocycles. The van der Waals surface area contributed by atoms with Crippen LogP contribution in [0.4, 0.5) is 0 Å². The third-order valence-electron chi connectivity index (χ3n) is 3.36. The lowest BCUT2D eigenvalue weighted by Gasteiger charge is -2.28. The van der Waals surface area contributed by atoms with Crippen molar-refractivity contribution in [1.82, 2.24) is 4.90 Å². The van der Waals surface area contributed by atoms with Crippen LogP contribution in [-0.4, -0.2) is 44.3 Å². The predicted molar refractivity (Wildman–Crippen MR) is 63.9 cm³/mol. The van der Waals surface area contributed by atoms with Crippen LogP contribution in [0.2, 0.25) is 0 Å². The molecule has 0 heterocycles. The van der Waals surface area contributed by atoms with Crippen LogP contribution in [0.5, 0.6) is 0 Å². The Balaban J connectivity index is 2.23. The maximum atomic E-state index is 5.52. The van der Waals surface area contributed by atoms with Crippen LogP contribution in [0, 0.1) is 5.92 Å². The Morgan fingerprint density at radius 1 is 1.33 bits per heavy atom. The number of unbranched alkanes of at least 4 members (excludes halogenated alkanes) is 1. The van der Waals surface area contributed by atoms with Gasteiger partial charge < -0.3 is 10.5 Å². The molecular weight excluding hydrogens is 188 g/mol. The summed E-state index contributed by atoms with van der Waals surface area (Å²) in [6.45, 7) is 6.27. The van der Waals surface area contributed by atoms with E-state index in [9.17, 15) is 0 Å². The first-order valence-corrected chi connectivity index (χ1v) is 6.22. The highest BCUT2D eigenvalue weighted by molar-refractivity contribution is 4.85. The fraction of sp³-hybridized carbons (Fsp3) is 1.00. The van der Waals surface area contributed by atoms with E-state index in [1.165, 1.54) is 25.8 Å². The Kier molecular flexibility index (Phi) is 6.22. The van der Waals surface area contributed by atoms with Gasteiger partial charge in [0.15, 0.2) is 0 Å². The van der Waals surface area contributed by atoms with Crippen molar-refractivity contribution in [2.45, 2.75) is 38.6 Å². The molecule has 1 saturated carbocycles. The molecule has 1 atom stereocenters. The summed E-state index contributed by atoms with van der Waals surface area (Å²) in [7, 11) is 1.78. The summed E-state index contributed by atoms with van der Waals surface area (Å²) in [6.07, 6.45) is 5.20. The van der Waals surface area contributed by atoms with Crippen molar-refractivity contribution in [2.24, 2.45) is 11.7 Å². The highest BCUT2D eigenvalue weighted by atomic mass is 16.5. The van der Waals surface area contributed by atoms with Gasteiger partial charge in [0.05, 0.1) is 6.61 Å². The number of hydrogen-bond acceptors (Lipinski definition) is 3. The van der Waals surface area contributed by atoms with Crippen LogP contribution < -0.4 is 5.73 Å². The third kappa shape index (κ3) is 4.96. The maximum absolute atomic E-state index is 5.52. The summed E-state index contributed by atoms with van der Waals surface area (Å²) in [6, 6.07) is 0.734. The van der Waals surface area contributed by atoms with E-state index >= 15 is 0 Å². The topological polar surface area (TPSA) is 38.5 Å². The van der Waals surface area contributed by atoms with E-state index in [-0.39, 0.29) is 0 Å². The number of nitrogens with zero attached hydrogens (tertiary/aromatic N) is 1. The Bertz CT molecular complexity index is 160. The molecule has 1 rings (SSSR count). The SMILES string of the molecule is COCCN(CCCCN)C(C)C1CC1. The van der Waals surface area contributed by atoms with Gasteiger partial charge in [0.2, 0.25) is 0 Å². The molecule has 1 aliphatic carbocycles. The lowest BCUT2D eigenvalue weighted by atomic mass is 10.1. The number of ether oxygens (including phenoxy) is 1. The summed E-state index contributed by atoms with van der Waals surface area (Å²) >= 11 is 0. The zero-order valence-electron chi connectivity index (χ0n) is 10.2. The fourth-order valence-electron chi connectivity index (χ4n) is 2.06. The van der Waals surface area contributed by atoms with Gasteiger partial charge in [0, 0.05) is 19.7 Å². The van der Waals surface area contributed by atoms with Crippen molar-refractivity contribution in [3.8, 4) is 0 Å². The average Bonchev–Trinajstić information content (AvgIpc) is 3.06. The van der Waals surface area contributed by atoms with Crippen LogP contribution in [-0.2, 0) is 4.74 Å². The highest BCUT2D eigenvalue weighted by Gasteiger charge is 2.31. The monoisotopic (exact) mass is 214 g/mol. The zero-order chi connectivity index (χ0) is 11.1. The van der Waals surface area contributed by atoms with Crippen LogP contribution in [0.1, 0.15) is 32.6 Å². The Morgan fingerprint density at radius 2 is 2.07 bits per heavy atom. The van der Waals surface area contributed by atoms with Crippen LogP contribution in [0.15, 0.2) is 0 Å². The van der Waals surface area contributed by atoms with Gasteiger partial charge in [0.25, 0.3) is 0 Å². The van der Waals surface area contributed by atoms with Gasteiger partial charge in [-0.2, -0.15) is 0 Å². The molecular formula is C12H26N2O. The molecule has 3 heteroatoms. The van der Waals surface area contributed by atoms with Crippen molar-refractivity contribution in [1.29, 1.82) is 0 Å². The van der Waals surface area contributed by atoms with E-state index in [1.54, 1.807) is 7.11 Å². The molecule has 0 aromatic carbocycles. The van der Waals surface area contributed by atoms with Crippen LogP contribution in [0.3, 0.4) is 0 Å². The summed E-state index contributed by atoms with van der Waals surface area (Å²) < 4.78 is 5.16. The standard InChI is InChI=1S/C12H26N2O/c1-11(12-5-6-12)14(9-10-15-2)8-4-3-7-13/h11-12H,3-10,13H2,1-2H3. The lowest BCUT2D eigenvalue weighted by molar-refractivity contribution is 0.115. The second kappa shape index (κ2) is 7.20. The average molecular weight is 214 g/mol. The van der Waals surface area contributed by atoms with Crippen molar-refractivity contribution >= 4 is 0 Å². The van der Waals surface area contributed by atoms with Gasteiger partial charge >= 0.3 is 0 Å². The third-order valence-corrected chi connectivity index (χ3v) is 3.36. The molecule has 1 aliphatic rings. The molecule has 0 saturated heterocycles. The lowest BCUT2D eigenvalue weighted by Crippen LogP contribution is -2.38. The molecule has 0 aliphatic heterocycles. The number of nitrogens with two attached hydrogens (primary N) is 1. The summed E-state index contributed by atoms with van der Waals surface area (Å²) in [5.41, 5.74) is 5.52. The van der Waals surface area contributed by atoms with Gasteiger partial charge in [-0.15, -0.1) is 0 Å². The van der Waals surface area contributed by atoms with Crippen molar-refractivity contribution < 1.29 is 4.74 Å². The predicted octanol–water partition coefficient (Wildman–Crippen LogP) is 1.47. The molecule has 0 amide bonds. The summed E-state index contributed by atoms with van der Waals surface area (Å²) in [4.78, 5) is 2.57. The molecule has 0 spiro atoms. The van der Waals surface area contributed by atoms with Crippen LogP contribution >= 0.6 is 0 Å². The minimum Gasteiger partial charge on any atom is -0.383 e. The molecule has 2 N–H and O–H groups in total. The first-order chi connectivity index (χ1) is 7.29. The fourth-order valence-corrected chi connectivity index (χ4v) is 2.06. The summed E-state index contributed by atoms with van der Waals surface area (Å²) in [5.74, 6) is 0.944. The van der Waals surface area contributed by atoms with E-state index in [2.05, 4.69) is 11.8 Å². The van der Waals surface area contributed by atoms with Crippen molar-refractivity contribution in [3.05, 3.63) is 0 Å². The number of hydrogen-bond donors (Lipinski definition) is 1. The van der Waals surface area contributed by atoms with E-state index < -0.39 is 0 Å². The molecule has 1 fully saturated rings. The first-order valence-electron chi connectivity index (χ1n) is 6.22. The molecule has 0 radical (unpaired) electrons. The molecule has 90 valence electrons. The van der Waals surface area contributed by atoms with Gasteiger partial charge in [-0.25, -0.2) is 0 Å². The van der Waals surface area contributed by atoms with Gasteiger partial charge in [-0.3, -0.25) is 4.90 Å². The molecule has 0 bridgehead atoms. The molecule has 3 nitrogen and oxygen atoms in total. The van der Waals surface area contributed by atoms with E-state index in [1.807, 2.05) is 0 Å². The minimum atomic E-state index is 0.734. The maximum Gasteiger partial charge on any atom is 0.0589 e. The van der Waals surface area contributed by atoms with Gasteiger partial charge in [0.1, 0.15) is 0 Å². The number of rotatable bonds is 9. The minimum absolute atomic E-state index is 0.734. The van der Waals surface area contributed by atoms with Gasteiger partial charge in [-0.1, -0.05) is 0 Å². The number of methoxy groups -OCH3 is 1. The second-order valence-corrected chi connectivity index (χ2v) is 4.60. The molecule has 1 unspecified atom stereocenters. The summed E-state index contributed by atoms with van der Waals surface area (Å²) in [5, 5.41) is 0. The van der Waals surface area contributed by atoms with Gasteiger partial charge in [-0.05, 0) is 51.6 Å². The van der Waals surface area contributed by atoms with E-state index in [4.69, 9.17) is 10.5 Å². The normalized spacial score (nSPS) is 18.4. The van der Waals surface area contributed by atoms with Crippen molar-refractivity contribution in [3.63, 3.8) is 0 Å². The molecule has 0 aromatic rings.